The minimum Gasteiger partial charge on any atom is -0.343 e. The summed E-state index contributed by atoms with van der Waals surface area (Å²) in [6.45, 7) is 6.71. The van der Waals surface area contributed by atoms with Crippen molar-refractivity contribution in [3.63, 3.8) is 0 Å². The summed E-state index contributed by atoms with van der Waals surface area (Å²) in [5.74, 6) is -1.45. The number of hydrogen-bond acceptors (Lipinski definition) is 2. The lowest BCUT2D eigenvalue weighted by molar-refractivity contribution is -0.129. The van der Waals surface area contributed by atoms with Gasteiger partial charge in [0.25, 0.3) is 5.91 Å². The monoisotopic (exact) mass is 356 g/mol. The first kappa shape index (κ1) is 19.6. The van der Waals surface area contributed by atoms with Crippen LogP contribution in [0.3, 0.4) is 0 Å². The number of nitrogens with one attached hydrogen (secondary N) is 1. The van der Waals surface area contributed by atoms with E-state index in [2.05, 4.69) is 38.2 Å². The van der Waals surface area contributed by atoms with E-state index in [1.165, 1.54) is 28.7 Å². The largest absolute Gasteiger partial charge is 0.343 e. The third-order valence-corrected chi connectivity index (χ3v) is 4.18. The number of likely N-dealkylation sites (N-methyl/N-ethyl adjacent to an activating group) is 1. The summed E-state index contributed by atoms with van der Waals surface area (Å²) in [5.41, 5.74) is 2.25. The Hall–Kier alpha value is -2.69. The number of nitrogens with zero attached hydrogens (tertiary/aromatic N) is 1. The Morgan fingerprint density at radius 3 is 2.23 bits per heavy atom. The molecule has 4 nitrogen and oxygen atoms in total. The molecule has 26 heavy (non-hydrogen) atoms. The lowest BCUT2D eigenvalue weighted by Crippen LogP contribution is -2.38. The second kappa shape index (κ2) is 8.13. The molecule has 0 saturated carbocycles. The van der Waals surface area contributed by atoms with Crippen LogP contribution in [-0.4, -0.2) is 30.3 Å². The minimum atomic E-state index is -0.607. The molecule has 1 N–H and O–H groups in total. The maximum atomic E-state index is 13.6. The van der Waals surface area contributed by atoms with E-state index >= 15 is 0 Å². The summed E-state index contributed by atoms with van der Waals surface area (Å²) in [7, 11) is 1.68. The number of carbonyl (C=O) groups is 2. The van der Waals surface area contributed by atoms with E-state index < -0.39 is 11.7 Å². The SMILES string of the molecule is CN(Cc1ccc(C(C)(C)C)cc1)C(=O)CNC(=O)c1ccccc1F. The molecule has 0 aliphatic rings. The molecule has 0 atom stereocenters. The van der Waals surface area contributed by atoms with Crippen molar-refractivity contribution < 1.29 is 14.0 Å². The van der Waals surface area contributed by atoms with Crippen LogP contribution in [0.2, 0.25) is 0 Å². The number of rotatable bonds is 5. The fraction of sp³-hybridized carbons (Fsp3) is 0.333. The van der Waals surface area contributed by atoms with Crippen molar-refractivity contribution in [2.45, 2.75) is 32.7 Å². The van der Waals surface area contributed by atoms with E-state index in [4.69, 9.17) is 0 Å². The van der Waals surface area contributed by atoms with Crippen molar-refractivity contribution in [3.8, 4) is 0 Å². The highest BCUT2D eigenvalue weighted by Gasteiger charge is 2.16. The summed E-state index contributed by atoms with van der Waals surface area (Å²) in [6.07, 6.45) is 0. The van der Waals surface area contributed by atoms with Crippen molar-refractivity contribution in [1.82, 2.24) is 10.2 Å². The summed E-state index contributed by atoms with van der Waals surface area (Å²) in [6, 6.07) is 13.8. The summed E-state index contributed by atoms with van der Waals surface area (Å²) < 4.78 is 13.6. The van der Waals surface area contributed by atoms with Crippen molar-refractivity contribution in [1.29, 1.82) is 0 Å². The molecule has 2 aromatic rings. The van der Waals surface area contributed by atoms with Gasteiger partial charge in [-0.1, -0.05) is 57.2 Å². The van der Waals surface area contributed by atoms with Gasteiger partial charge >= 0.3 is 0 Å². The minimum absolute atomic E-state index is 0.0688. The topological polar surface area (TPSA) is 49.4 Å². The Kier molecular flexibility index (Phi) is 6.14. The molecule has 0 unspecified atom stereocenters. The molecular formula is C21H25FN2O2. The van der Waals surface area contributed by atoms with Crippen LogP contribution >= 0.6 is 0 Å². The molecular weight excluding hydrogens is 331 g/mol. The van der Waals surface area contributed by atoms with Gasteiger partial charge in [0.1, 0.15) is 5.82 Å². The molecule has 2 rings (SSSR count). The molecule has 0 aliphatic carbocycles. The van der Waals surface area contributed by atoms with Gasteiger partial charge in [0.15, 0.2) is 0 Å². The quantitative estimate of drug-likeness (QED) is 0.891. The average molecular weight is 356 g/mol. The van der Waals surface area contributed by atoms with Crippen LogP contribution in [0.5, 0.6) is 0 Å². The molecule has 0 aromatic heterocycles. The maximum absolute atomic E-state index is 13.6. The number of carbonyl (C=O) groups excluding carboxylic acids is 2. The average Bonchev–Trinajstić information content (AvgIpc) is 2.59. The molecule has 0 aliphatic heterocycles. The number of halogens is 1. The van der Waals surface area contributed by atoms with Crippen LogP contribution in [0.4, 0.5) is 4.39 Å². The van der Waals surface area contributed by atoms with E-state index in [1.54, 1.807) is 13.1 Å². The highest BCUT2D eigenvalue weighted by molar-refractivity contribution is 5.96. The van der Waals surface area contributed by atoms with Crippen LogP contribution in [0.1, 0.15) is 42.3 Å². The molecule has 2 aromatic carbocycles. The molecule has 138 valence electrons. The fourth-order valence-corrected chi connectivity index (χ4v) is 2.50. The van der Waals surface area contributed by atoms with Crippen molar-refractivity contribution in [3.05, 3.63) is 71.0 Å². The summed E-state index contributed by atoms with van der Waals surface area (Å²) in [5, 5.41) is 2.47. The van der Waals surface area contributed by atoms with Gasteiger partial charge in [-0.05, 0) is 28.7 Å². The Labute approximate surface area is 154 Å². The van der Waals surface area contributed by atoms with E-state index in [-0.39, 0.29) is 23.4 Å². The zero-order valence-electron chi connectivity index (χ0n) is 15.7. The van der Waals surface area contributed by atoms with Gasteiger partial charge in [0.2, 0.25) is 5.91 Å². The Morgan fingerprint density at radius 2 is 1.65 bits per heavy atom. The lowest BCUT2D eigenvalue weighted by Gasteiger charge is -2.21. The van der Waals surface area contributed by atoms with Crippen LogP contribution in [0.25, 0.3) is 0 Å². The third kappa shape index (κ3) is 5.15. The predicted octanol–water partition coefficient (Wildman–Crippen LogP) is 3.51. The van der Waals surface area contributed by atoms with Gasteiger partial charge in [0.05, 0.1) is 12.1 Å². The van der Waals surface area contributed by atoms with Crippen molar-refractivity contribution in [2.75, 3.05) is 13.6 Å². The molecule has 0 bridgehead atoms. The molecule has 0 heterocycles. The zero-order valence-corrected chi connectivity index (χ0v) is 15.7. The van der Waals surface area contributed by atoms with E-state index in [0.29, 0.717) is 6.54 Å². The third-order valence-electron chi connectivity index (χ3n) is 4.18. The number of benzene rings is 2. The predicted molar refractivity (Wildman–Crippen MR) is 100 cm³/mol. The van der Waals surface area contributed by atoms with Gasteiger partial charge in [-0.3, -0.25) is 9.59 Å². The molecule has 5 heteroatoms. The van der Waals surface area contributed by atoms with Crippen molar-refractivity contribution in [2.24, 2.45) is 0 Å². The molecule has 2 amide bonds. The van der Waals surface area contributed by atoms with Crippen LogP contribution < -0.4 is 5.32 Å². The summed E-state index contributed by atoms with van der Waals surface area (Å²) >= 11 is 0. The molecule has 0 spiro atoms. The normalized spacial score (nSPS) is 11.1. The number of hydrogen-bond donors (Lipinski definition) is 1. The highest BCUT2D eigenvalue weighted by Crippen LogP contribution is 2.22. The molecule has 0 saturated heterocycles. The second-order valence-corrected chi connectivity index (χ2v) is 7.36. The summed E-state index contributed by atoms with van der Waals surface area (Å²) in [4.78, 5) is 25.7. The lowest BCUT2D eigenvalue weighted by atomic mass is 9.87. The highest BCUT2D eigenvalue weighted by atomic mass is 19.1. The van der Waals surface area contributed by atoms with Gasteiger partial charge in [0, 0.05) is 13.6 Å². The maximum Gasteiger partial charge on any atom is 0.254 e. The van der Waals surface area contributed by atoms with Gasteiger partial charge in [-0.25, -0.2) is 4.39 Å². The first-order chi connectivity index (χ1) is 12.2. The molecule has 0 fully saturated rings. The van der Waals surface area contributed by atoms with E-state index in [1.807, 2.05) is 12.1 Å². The Balaban J connectivity index is 1.89. The van der Waals surface area contributed by atoms with Crippen LogP contribution in [0, 0.1) is 5.82 Å². The Morgan fingerprint density at radius 1 is 1.04 bits per heavy atom. The van der Waals surface area contributed by atoms with Gasteiger partial charge < -0.3 is 10.2 Å². The second-order valence-electron chi connectivity index (χ2n) is 7.36. The first-order valence-corrected chi connectivity index (χ1v) is 8.54. The standard InChI is InChI=1S/C21H25FN2O2/c1-21(2,3)16-11-9-15(10-12-16)14-24(4)19(25)13-23-20(26)17-7-5-6-8-18(17)22/h5-12H,13-14H2,1-4H3,(H,23,26). The van der Waals surface area contributed by atoms with Crippen LogP contribution in [0.15, 0.2) is 48.5 Å². The number of amides is 2. The Bertz CT molecular complexity index is 779. The smallest absolute Gasteiger partial charge is 0.254 e. The van der Waals surface area contributed by atoms with E-state index in [9.17, 15) is 14.0 Å². The van der Waals surface area contributed by atoms with Gasteiger partial charge in [-0.15, -0.1) is 0 Å². The van der Waals surface area contributed by atoms with Crippen molar-refractivity contribution >= 4 is 11.8 Å². The van der Waals surface area contributed by atoms with E-state index in [0.717, 1.165) is 5.56 Å². The zero-order chi connectivity index (χ0) is 19.3. The first-order valence-electron chi connectivity index (χ1n) is 8.54. The fourth-order valence-electron chi connectivity index (χ4n) is 2.50. The van der Waals surface area contributed by atoms with Gasteiger partial charge in [-0.2, -0.15) is 0 Å². The van der Waals surface area contributed by atoms with Crippen LogP contribution in [-0.2, 0) is 16.8 Å². The molecule has 0 radical (unpaired) electrons.